The second kappa shape index (κ2) is 8.90. The topological polar surface area (TPSA) is 78.0 Å². The van der Waals surface area contributed by atoms with E-state index in [0.717, 1.165) is 29.1 Å². The van der Waals surface area contributed by atoms with Gasteiger partial charge < -0.3 is 18.9 Å². The van der Waals surface area contributed by atoms with E-state index in [1.165, 1.54) is 0 Å². The molecule has 2 aromatic rings. The number of benzene rings is 1. The molecule has 1 atom stereocenters. The number of methoxy groups -OCH3 is 2. The van der Waals surface area contributed by atoms with Crippen molar-refractivity contribution in [3.8, 4) is 11.5 Å². The van der Waals surface area contributed by atoms with Gasteiger partial charge in [0.2, 0.25) is 5.88 Å². The summed E-state index contributed by atoms with van der Waals surface area (Å²) in [6, 6.07) is 7.65. The normalized spacial score (nSPS) is 12.5. The fraction of sp³-hybridized carbons (Fsp3) is 0.500. The summed E-state index contributed by atoms with van der Waals surface area (Å²) in [7, 11) is 5.23. The summed E-state index contributed by atoms with van der Waals surface area (Å²) in [4.78, 5) is 13.3. The molecule has 7 nitrogen and oxygen atoms in total. The van der Waals surface area contributed by atoms with Crippen molar-refractivity contribution in [1.82, 2.24) is 5.16 Å². The Hall–Kier alpha value is -2.54. The van der Waals surface area contributed by atoms with Crippen LogP contribution in [0.25, 0.3) is 0 Å². The molecule has 1 aromatic carbocycles. The van der Waals surface area contributed by atoms with E-state index in [9.17, 15) is 4.79 Å². The second-order valence-electron chi connectivity index (χ2n) is 7.70. The number of anilines is 1. The van der Waals surface area contributed by atoms with Crippen molar-refractivity contribution in [2.24, 2.45) is 0 Å². The molecule has 0 spiro atoms. The molecule has 1 heterocycles. The van der Waals surface area contributed by atoms with E-state index in [1.54, 1.807) is 20.3 Å². The Labute approximate surface area is 160 Å². The Balaban J connectivity index is 1.84. The quantitative estimate of drug-likeness (QED) is 0.733. The zero-order valence-electron chi connectivity index (χ0n) is 17.0. The number of quaternary nitrogens is 1. The molecule has 0 fully saturated rings. The molecular weight excluding hydrogens is 346 g/mol. The Bertz CT molecular complexity index is 765. The van der Waals surface area contributed by atoms with Crippen LogP contribution in [-0.4, -0.2) is 45.4 Å². The molecule has 1 amide bonds. The van der Waals surface area contributed by atoms with Crippen LogP contribution in [0.5, 0.6) is 11.5 Å². The lowest BCUT2D eigenvalue weighted by molar-refractivity contribution is -0.870. The third-order valence-corrected chi connectivity index (χ3v) is 4.29. The van der Waals surface area contributed by atoms with E-state index in [2.05, 4.69) is 10.5 Å². The highest BCUT2D eigenvalue weighted by molar-refractivity contribution is 5.90. The number of ether oxygens (including phenoxy) is 2. The van der Waals surface area contributed by atoms with Crippen molar-refractivity contribution in [2.45, 2.75) is 32.6 Å². The summed E-state index contributed by atoms with van der Waals surface area (Å²) in [5, 5.41) is 6.78. The Morgan fingerprint density at radius 1 is 1.19 bits per heavy atom. The molecule has 7 heteroatoms. The van der Waals surface area contributed by atoms with Crippen molar-refractivity contribution in [3.63, 3.8) is 0 Å². The first-order chi connectivity index (χ1) is 12.7. The molecular formula is C20H30N3O4+. The Kier molecular flexibility index (Phi) is 6.85. The first-order valence-electron chi connectivity index (χ1n) is 9.02. The van der Waals surface area contributed by atoms with Gasteiger partial charge in [0.25, 0.3) is 5.91 Å². The SMILES string of the molecule is COc1ccc(CC[NH+](C)CC(=O)Nc2cc(C(C)(C)C)no2)cc1OC. The minimum atomic E-state index is -0.117. The predicted molar refractivity (Wildman–Crippen MR) is 104 cm³/mol. The third kappa shape index (κ3) is 5.99. The lowest BCUT2D eigenvalue weighted by Crippen LogP contribution is -3.10. The number of rotatable bonds is 8. The van der Waals surface area contributed by atoms with E-state index in [4.69, 9.17) is 14.0 Å². The molecule has 0 aliphatic rings. The average molecular weight is 376 g/mol. The molecule has 1 unspecified atom stereocenters. The molecule has 1 aromatic heterocycles. The van der Waals surface area contributed by atoms with Crippen LogP contribution in [0.1, 0.15) is 32.0 Å². The van der Waals surface area contributed by atoms with Crippen molar-refractivity contribution in [1.29, 1.82) is 0 Å². The molecule has 0 radical (unpaired) electrons. The number of carbonyl (C=O) groups excluding carboxylic acids is 1. The Morgan fingerprint density at radius 2 is 1.89 bits per heavy atom. The number of nitrogens with one attached hydrogen (secondary N) is 2. The van der Waals surface area contributed by atoms with Crippen LogP contribution >= 0.6 is 0 Å². The minimum absolute atomic E-state index is 0.101. The maximum Gasteiger partial charge on any atom is 0.281 e. The summed E-state index contributed by atoms with van der Waals surface area (Å²) in [5.41, 5.74) is 1.83. The van der Waals surface area contributed by atoms with E-state index >= 15 is 0 Å². The van der Waals surface area contributed by atoms with Gasteiger partial charge in [0, 0.05) is 17.9 Å². The number of likely N-dealkylation sites (N-methyl/N-ethyl adjacent to an activating group) is 1. The van der Waals surface area contributed by atoms with E-state index in [-0.39, 0.29) is 11.3 Å². The minimum Gasteiger partial charge on any atom is -0.493 e. The number of aromatic nitrogens is 1. The molecule has 148 valence electrons. The molecule has 0 aliphatic heterocycles. The summed E-state index contributed by atoms with van der Waals surface area (Å²) in [6.07, 6.45) is 0.829. The third-order valence-electron chi connectivity index (χ3n) is 4.29. The van der Waals surface area contributed by atoms with Crippen molar-refractivity contribution in [2.75, 3.05) is 39.7 Å². The van der Waals surface area contributed by atoms with E-state index in [1.807, 2.05) is 46.0 Å². The van der Waals surface area contributed by atoms with Gasteiger partial charge in [0.05, 0.1) is 33.5 Å². The summed E-state index contributed by atoms with van der Waals surface area (Å²) < 4.78 is 15.8. The standard InChI is InChI=1S/C20H29N3O4/c1-20(2,3)17-12-19(27-22-17)21-18(24)13-23(4)10-9-14-7-8-15(25-5)16(11-14)26-6/h7-8,11-12H,9-10,13H2,1-6H3,(H,21,24)/p+1. The van der Waals surface area contributed by atoms with Crippen LogP contribution < -0.4 is 19.7 Å². The van der Waals surface area contributed by atoms with Gasteiger partial charge in [-0.15, -0.1) is 0 Å². The monoisotopic (exact) mass is 376 g/mol. The summed E-state index contributed by atoms with van der Waals surface area (Å²) >= 11 is 0. The van der Waals surface area contributed by atoms with Crippen molar-refractivity contribution in [3.05, 3.63) is 35.5 Å². The smallest absolute Gasteiger partial charge is 0.281 e. The fourth-order valence-electron chi connectivity index (χ4n) is 2.63. The zero-order valence-corrected chi connectivity index (χ0v) is 17.0. The van der Waals surface area contributed by atoms with Crippen molar-refractivity contribution < 1.29 is 23.7 Å². The highest BCUT2D eigenvalue weighted by Crippen LogP contribution is 2.27. The first kappa shape index (κ1) is 20.8. The number of nitrogens with zero attached hydrogens (tertiary/aromatic N) is 1. The highest BCUT2D eigenvalue weighted by Gasteiger charge is 2.20. The lowest BCUT2D eigenvalue weighted by atomic mass is 9.92. The molecule has 0 saturated carbocycles. The van der Waals surface area contributed by atoms with Crippen LogP contribution in [0.2, 0.25) is 0 Å². The summed E-state index contributed by atoms with van der Waals surface area (Å²) in [6.45, 7) is 7.29. The number of hydrogen-bond donors (Lipinski definition) is 2. The van der Waals surface area contributed by atoms with Crippen molar-refractivity contribution >= 4 is 11.8 Å². The van der Waals surface area contributed by atoms with Crippen LogP contribution in [0.15, 0.2) is 28.8 Å². The van der Waals surface area contributed by atoms with Gasteiger partial charge in [-0.3, -0.25) is 10.1 Å². The van der Waals surface area contributed by atoms with Gasteiger partial charge in [0.15, 0.2) is 18.0 Å². The zero-order chi connectivity index (χ0) is 20.0. The van der Waals surface area contributed by atoms with Gasteiger partial charge >= 0.3 is 0 Å². The number of carbonyl (C=O) groups is 1. The van der Waals surface area contributed by atoms with Crippen LogP contribution in [-0.2, 0) is 16.6 Å². The van der Waals surface area contributed by atoms with Crippen LogP contribution in [0.4, 0.5) is 5.88 Å². The van der Waals surface area contributed by atoms with Gasteiger partial charge in [-0.1, -0.05) is 32.0 Å². The molecule has 2 rings (SSSR count). The summed E-state index contributed by atoms with van der Waals surface area (Å²) in [5.74, 6) is 1.71. The maximum absolute atomic E-state index is 12.2. The molecule has 0 saturated heterocycles. The van der Waals surface area contributed by atoms with Crippen LogP contribution in [0.3, 0.4) is 0 Å². The van der Waals surface area contributed by atoms with Gasteiger partial charge in [-0.05, 0) is 17.7 Å². The molecule has 0 aliphatic carbocycles. The highest BCUT2D eigenvalue weighted by atomic mass is 16.5. The fourth-order valence-corrected chi connectivity index (χ4v) is 2.63. The molecule has 2 N–H and O–H groups in total. The predicted octanol–water partition coefficient (Wildman–Crippen LogP) is 1.69. The number of hydrogen-bond acceptors (Lipinski definition) is 5. The van der Waals surface area contributed by atoms with E-state index in [0.29, 0.717) is 23.9 Å². The lowest BCUT2D eigenvalue weighted by Gasteiger charge is -2.14. The first-order valence-corrected chi connectivity index (χ1v) is 9.02. The van der Waals surface area contributed by atoms with Gasteiger partial charge in [-0.2, -0.15) is 0 Å². The second-order valence-corrected chi connectivity index (χ2v) is 7.70. The number of amides is 1. The molecule has 0 bridgehead atoms. The largest absolute Gasteiger partial charge is 0.493 e. The van der Waals surface area contributed by atoms with Gasteiger partial charge in [-0.25, -0.2) is 0 Å². The van der Waals surface area contributed by atoms with Gasteiger partial charge in [0.1, 0.15) is 0 Å². The maximum atomic E-state index is 12.2. The Morgan fingerprint density at radius 3 is 2.48 bits per heavy atom. The van der Waals surface area contributed by atoms with E-state index < -0.39 is 0 Å². The van der Waals surface area contributed by atoms with Crippen LogP contribution in [0, 0.1) is 0 Å². The molecule has 27 heavy (non-hydrogen) atoms. The average Bonchev–Trinajstić information content (AvgIpc) is 3.08.